The Balaban J connectivity index is 1.57. The van der Waals surface area contributed by atoms with Gasteiger partial charge in [0.2, 0.25) is 0 Å². The van der Waals surface area contributed by atoms with Crippen molar-refractivity contribution in [2.45, 2.75) is 13.8 Å². The van der Waals surface area contributed by atoms with E-state index >= 15 is 0 Å². The summed E-state index contributed by atoms with van der Waals surface area (Å²) in [6.45, 7) is 3.95. The van der Waals surface area contributed by atoms with Crippen LogP contribution in [-0.4, -0.2) is 30.4 Å². The van der Waals surface area contributed by atoms with Gasteiger partial charge in [-0.2, -0.15) is 5.10 Å². The first-order valence-corrected chi connectivity index (χ1v) is 8.91. The van der Waals surface area contributed by atoms with E-state index in [1.165, 1.54) is 0 Å². The number of amides is 1. The summed E-state index contributed by atoms with van der Waals surface area (Å²) in [5, 5.41) is 4.05. The number of carbonyl (C=O) groups is 1. The number of hydrogen-bond donors (Lipinski definition) is 1. The van der Waals surface area contributed by atoms with Gasteiger partial charge in [-0.15, -0.1) is 0 Å². The lowest BCUT2D eigenvalue weighted by molar-refractivity contribution is -0.123. The van der Waals surface area contributed by atoms with Crippen molar-refractivity contribution in [2.75, 3.05) is 13.7 Å². The molecular formula is C22H23N3O3. The molecule has 0 radical (unpaired) electrons. The highest BCUT2D eigenvalue weighted by molar-refractivity contribution is 5.84. The molecule has 1 heterocycles. The first-order valence-electron chi connectivity index (χ1n) is 8.91. The van der Waals surface area contributed by atoms with Crippen molar-refractivity contribution in [2.24, 2.45) is 5.10 Å². The smallest absolute Gasteiger partial charge is 0.277 e. The number of hydrogen-bond acceptors (Lipinski definition) is 4. The fraction of sp³-hybridized carbons (Fsp3) is 0.182. The van der Waals surface area contributed by atoms with E-state index in [1.54, 1.807) is 37.6 Å². The molecule has 1 aromatic heterocycles. The average molecular weight is 377 g/mol. The van der Waals surface area contributed by atoms with E-state index in [0.717, 1.165) is 28.4 Å². The number of para-hydroxylation sites is 1. The van der Waals surface area contributed by atoms with Crippen molar-refractivity contribution < 1.29 is 14.3 Å². The van der Waals surface area contributed by atoms with Crippen LogP contribution in [0.3, 0.4) is 0 Å². The lowest BCUT2D eigenvalue weighted by Gasteiger charge is -2.09. The fourth-order valence-corrected chi connectivity index (χ4v) is 2.92. The molecule has 3 rings (SSSR count). The largest absolute Gasteiger partial charge is 0.497 e. The van der Waals surface area contributed by atoms with Gasteiger partial charge in [0.25, 0.3) is 5.91 Å². The number of aromatic nitrogens is 1. The number of nitrogens with zero attached hydrogens (tertiary/aromatic N) is 2. The second-order valence-corrected chi connectivity index (χ2v) is 6.25. The summed E-state index contributed by atoms with van der Waals surface area (Å²) in [6.07, 6.45) is 1.65. The van der Waals surface area contributed by atoms with Crippen LogP contribution in [0.2, 0.25) is 0 Å². The highest BCUT2D eigenvalue weighted by Crippen LogP contribution is 2.19. The van der Waals surface area contributed by atoms with Gasteiger partial charge in [0.15, 0.2) is 6.61 Å². The minimum Gasteiger partial charge on any atom is -0.497 e. The third-order valence-electron chi connectivity index (χ3n) is 4.31. The van der Waals surface area contributed by atoms with E-state index in [1.807, 2.05) is 38.1 Å². The van der Waals surface area contributed by atoms with Crippen LogP contribution in [0, 0.1) is 13.8 Å². The fourth-order valence-electron chi connectivity index (χ4n) is 2.92. The molecule has 1 amide bonds. The van der Waals surface area contributed by atoms with Gasteiger partial charge in [-0.05, 0) is 56.3 Å². The van der Waals surface area contributed by atoms with Crippen molar-refractivity contribution in [1.82, 2.24) is 9.99 Å². The van der Waals surface area contributed by atoms with Gasteiger partial charge < -0.3 is 14.0 Å². The van der Waals surface area contributed by atoms with E-state index in [9.17, 15) is 4.79 Å². The van der Waals surface area contributed by atoms with Gasteiger partial charge in [-0.3, -0.25) is 4.79 Å². The summed E-state index contributed by atoms with van der Waals surface area (Å²) in [5.41, 5.74) is 6.67. The predicted molar refractivity (Wildman–Crippen MR) is 109 cm³/mol. The lowest BCUT2D eigenvalue weighted by atomic mass is 10.2. The summed E-state index contributed by atoms with van der Waals surface area (Å²) in [7, 11) is 1.60. The van der Waals surface area contributed by atoms with E-state index in [2.05, 4.69) is 27.2 Å². The van der Waals surface area contributed by atoms with E-state index in [-0.39, 0.29) is 12.5 Å². The van der Waals surface area contributed by atoms with Crippen LogP contribution in [0.25, 0.3) is 5.69 Å². The Bertz CT molecular complexity index is 961. The summed E-state index contributed by atoms with van der Waals surface area (Å²) in [5.74, 6) is 0.991. The molecule has 0 fully saturated rings. The molecule has 6 nitrogen and oxygen atoms in total. The van der Waals surface area contributed by atoms with Crippen LogP contribution in [0.1, 0.15) is 17.0 Å². The Morgan fingerprint density at radius 3 is 2.43 bits per heavy atom. The molecule has 0 aliphatic carbocycles. The van der Waals surface area contributed by atoms with Gasteiger partial charge in [0.05, 0.1) is 13.3 Å². The number of hydrazone groups is 1. The van der Waals surface area contributed by atoms with Crippen LogP contribution in [0.4, 0.5) is 0 Å². The molecule has 0 spiro atoms. The second-order valence-electron chi connectivity index (χ2n) is 6.25. The minimum absolute atomic E-state index is 0.118. The van der Waals surface area contributed by atoms with Crippen LogP contribution in [-0.2, 0) is 4.79 Å². The summed E-state index contributed by atoms with van der Waals surface area (Å²) in [6, 6.07) is 19.2. The highest BCUT2D eigenvalue weighted by atomic mass is 16.5. The van der Waals surface area contributed by atoms with Crippen molar-refractivity contribution in [3.05, 3.63) is 77.6 Å². The summed E-state index contributed by atoms with van der Waals surface area (Å²) in [4.78, 5) is 11.9. The maximum absolute atomic E-state index is 11.9. The van der Waals surface area contributed by atoms with Crippen LogP contribution in [0.15, 0.2) is 65.8 Å². The molecule has 28 heavy (non-hydrogen) atoms. The van der Waals surface area contributed by atoms with Crippen LogP contribution < -0.4 is 14.9 Å². The summed E-state index contributed by atoms with van der Waals surface area (Å²) >= 11 is 0. The van der Waals surface area contributed by atoms with E-state index in [4.69, 9.17) is 9.47 Å². The minimum atomic E-state index is -0.330. The molecule has 0 atom stereocenters. The molecule has 0 aliphatic rings. The zero-order valence-corrected chi connectivity index (χ0v) is 16.2. The molecule has 0 saturated heterocycles. The van der Waals surface area contributed by atoms with Crippen LogP contribution >= 0.6 is 0 Å². The van der Waals surface area contributed by atoms with Gasteiger partial charge in [0, 0.05) is 22.6 Å². The highest BCUT2D eigenvalue weighted by Gasteiger charge is 2.09. The zero-order valence-electron chi connectivity index (χ0n) is 16.2. The molecule has 6 heteroatoms. The van der Waals surface area contributed by atoms with Crippen molar-refractivity contribution in [3.63, 3.8) is 0 Å². The van der Waals surface area contributed by atoms with E-state index < -0.39 is 0 Å². The van der Waals surface area contributed by atoms with Gasteiger partial charge >= 0.3 is 0 Å². The topological polar surface area (TPSA) is 64.8 Å². The molecule has 3 aromatic rings. The quantitative estimate of drug-likeness (QED) is 0.505. The Morgan fingerprint density at radius 2 is 1.75 bits per heavy atom. The first kappa shape index (κ1) is 19.2. The molecule has 0 aliphatic heterocycles. The third-order valence-corrected chi connectivity index (χ3v) is 4.31. The SMILES string of the molecule is COc1ccc(OCC(=O)N/N=C/c2cc(C)n(-c3ccccc3)c2C)cc1. The number of methoxy groups -OCH3 is 1. The number of carbonyl (C=O) groups excluding carboxylic acids is 1. The number of aryl methyl sites for hydroxylation is 1. The maximum Gasteiger partial charge on any atom is 0.277 e. The Labute approximate surface area is 164 Å². The number of rotatable bonds is 7. The third kappa shape index (κ3) is 4.59. The number of benzene rings is 2. The molecule has 0 saturated carbocycles. The standard InChI is InChI=1S/C22H23N3O3/c1-16-13-18(17(2)25(16)19-7-5-4-6-8-19)14-23-24-22(26)15-28-21-11-9-20(27-3)10-12-21/h4-14H,15H2,1-3H3,(H,24,26)/b23-14+. The molecule has 0 bridgehead atoms. The van der Waals surface area contributed by atoms with Crippen molar-refractivity contribution in [1.29, 1.82) is 0 Å². The molecular weight excluding hydrogens is 354 g/mol. The van der Waals surface area contributed by atoms with Crippen molar-refractivity contribution >= 4 is 12.1 Å². The monoisotopic (exact) mass is 377 g/mol. The van der Waals surface area contributed by atoms with Crippen LogP contribution in [0.5, 0.6) is 11.5 Å². The number of ether oxygens (including phenoxy) is 2. The second kappa shape index (κ2) is 8.90. The molecule has 0 unspecified atom stereocenters. The number of nitrogens with one attached hydrogen (secondary N) is 1. The van der Waals surface area contributed by atoms with E-state index in [0.29, 0.717) is 5.75 Å². The van der Waals surface area contributed by atoms with Gasteiger partial charge in [-0.1, -0.05) is 18.2 Å². The summed E-state index contributed by atoms with van der Waals surface area (Å²) < 4.78 is 12.7. The van der Waals surface area contributed by atoms with Gasteiger partial charge in [-0.25, -0.2) is 5.43 Å². The first-order chi connectivity index (χ1) is 13.6. The predicted octanol–water partition coefficient (Wildman–Crippen LogP) is 3.63. The molecule has 144 valence electrons. The zero-order chi connectivity index (χ0) is 19.9. The van der Waals surface area contributed by atoms with Gasteiger partial charge in [0.1, 0.15) is 11.5 Å². The Kier molecular flexibility index (Phi) is 6.11. The van der Waals surface area contributed by atoms with Crippen molar-refractivity contribution in [3.8, 4) is 17.2 Å². The average Bonchev–Trinajstić information content (AvgIpc) is 3.00. The molecule has 2 aromatic carbocycles. The molecule has 1 N–H and O–H groups in total. The Hall–Kier alpha value is -3.54. The Morgan fingerprint density at radius 1 is 1.07 bits per heavy atom. The maximum atomic E-state index is 11.9. The lowest BCUT2D eigenvalue weighted by Crippen LogP contribution is -2.24. The normalized spacial score (nSPS) is 10.8.